The third kappa shape index (κ3) is 3.68. The van der Waals surface area contributed by atoms with E-state index in [2.05, 4.69) is 10.3 Å². The van der Waals surface area contributed by atoms with Crippen molar-refractivity contribution in [2.75, 3.05) is 13.2 Å². The highest BCUT2D eigenvalue weighted by Gasteiger charge is 2.29. The fraction of sp³-hybridized carbons (Fsp3) is 0.529. The summed E-state index contributed by atoms with van der Waals surface area (Å²) in [6, 6.07) is 1.77. The van der Waals surface area contributed by atoms with Crippen LogP contribution in [0.1, 0.15) is 33.9 Å². The number of thiazole rings is 1. The highest BCUT2D eigenvalue weighted by Crippen LogP contribution is 2.17. The molecule has 3 rings (SSSR count). The number of amides is 1. The molecule has 0 bridgehead atoms. The lowest BCUT2D eigenvalue weighted by Gasteiger charge is -2.32. The molecule has 130 valence electrons. The summed E-state index contributed by atoms with van der Waals surface area (Å²) in [5, 5.41) is 5.05. The number of aromatic nitrogens is 2. The molecule has 1 amide bonds. The van der Waals surface area contributed by atoms with E-state index in [1.54, 1.807) is 16.8 Å². The minimum atomic E-state index is -0.148. The van der Waals surface area contributed by atoms with E-state index in [0.717, 1.165) is 23.5 Å². The molecule has 0 spiro atoms. The summed E-state index contributed by atoms with van der Waals surface area (Å²) in [5.74, 6) is -0.0750. The summed E-state index contributed by atoms with van der Waals surface area (Å²) >= 11 is 1.55. The van der Waals surface area contributed by atoms with E-state index >= 15 is 0 Å². The Balaban J connectivity index is 1.64. The van der Waals surface area contributed by atoms with E-state index < -0.39 is 0 Å². The SMILES string of the molecule is Cc1cc(C(=O)N[C@@H]2COCC[C@@H]2OCc2cscn2)c(C)n1C. The lowest BCUT2D eigenvalue weighted by Crippen LogP contribution is -2.50. The van der Waals surface area contributed by atoms with Crippen LogP contribution in [0.15, 0.2) is 17.0 Å². The average Bonchev–Trinajstić information content (AvgIpc) is 3.18. The van der Waals surface area contributed by atoms with Crippen molar-refractivity contribution >= 4 is 17.2 Å². The van der Waals surface area contributed by atoms with E-state index in [0.29, 0.717) is 25.4 Å². The fourth-order valence-electron chi connectivity index (χ4n) is 2.88. The van der Waals surface area contributed by atoms with Crippen molar-refractivity contribution in [3.8, 4) is 0 Å². The zero-order chi connectivity index (χ0) is 17.1. The van der Waals surface area contributed by atoms with E-state index in [-0.39, 0.29) is 18.1 Å². The van der Waals surface area contributed by atoms with E-state index in [1.165, 1.54) is 0 Å². The second kappa shape index (κ2) is 7.46. The van der Waals surface area contributed by atoms with Gasteiger partial charge in [0.05, 0.1) is 42.1 Å². The van der Waals surface area contributed by atoms with Crippen LogP contribution in [0.2, 0.25) is 0 Å². The Kier molecular flexibility index (Phi) is 5.33. The van der Waals surface area contributed by atoms with Gasteiger partial charge in [-0.05, 0) is 26.3 Å². The lowest BCUT2D eigenvalue weighted by molar-refractivity contribution is -0.0611. The highest BCUT2D eigenvalue weighted by molar-refractivity contribution is 7.07. The van der Waals surface area contributed by atoms with Crippen LogP contribution in [0.3, 0.4) is 0 Å². The van der Waals surface area contributed by atoms with Crippen molar-refractivity contribution in [2.24, 2.45) is 7.05 Å². The highest BCUT2D eigenvalue weighted by atomic mass is 32.1. The number of ether oxygens (including phenoxy) is 2. The molecule has 1 N–H and O–H groups in total. The molecule has 1 aliphatic heterocycles. The first-order valence-corrected chi connectivity index (χ1v) is 9.00. The van der Waals surface area contributed by atoms with Gasteiger partial charge in [-0.3, -0.25) is 4.79 Å². The zero-order valence-electron chi connectivity index (χ0n) is 14.2. The van der Waals surface area contributed by atoms with Gasteiger partial charge in [-0.15, -0.1) is 11.3 Å². The molecule has 1 aliphatic rings. The molecular weight excluding hydrogens is 326 g/mol. The van der Waals surface area contributed by atoms with Gasteiger partial charge in [0.1, 0.15) is 0 Å². The predicted octanol–water partition coefficient (Wildman–Crippen LogP) is 2.20. The number of carbonyl (C=O) groups is 1. The average molecular weight is 349 g/mol. The molecule has 24 heavy (non-hydrogen) atoms. The van der Waals surface area contributed by atoms with Crippen molar-refractivity contribution in [2.45, 2.75) is 39.0 Å². The van der Waals surface area contributed by atoms with Gasteiger partial charge >= 0.3 is 0 Å². The summed E-state index contributed by atoms with van der Waals surface area (Å²) in [6.07, 6.45) is 0.705. The molecule has 6 nitrogen and oxygen atoms in total. The summed E-state index contributed by atoms with van der Waals surface area (Å²) in [5.41, 5.74) is 5.45. The summed E-state index contributed by atoms with van der Waals surface area (Å²) in [6.45, 7) is 5.53. The van der Waals surface area contributed by atoms with Crippen LogP contribution in [0.25, 0.3) is 0 Å². The van der Waals surface area contributed by atoms with Crippen molar-refractivity contribution in [1.29, 1.82) is 0 Å². The number of hydrogen-bond acceptors (Lipinski definition) is 5. The maximum absolute atomic E-state index is 12.6. The van der Waals surface area contributed by atoms with Crippen LogP contribution in [0, 0.1) is 13.8 Å². The summed E-state index contributed by atoms with van der Waals surface area (Å²) in [4.78, 5) is 16.9. The van der Waals surface area contributed by atoms with Crippen molar-refractivity contribution in [3.05, 3.63) is 39.6 Å². The number of carbonyl (C=O) groups excluding carboxylic acids is 1. The molecule has 0 unspecified atom stereocenters. The number of nitrogens with one attached hydrogen (secondary N) is 1. The number of hydrogen-bond donors (Lipinski definition) is 1. The second-order valence-electron chi connectivity index (χ2n) is 6.12. The van der Waals surface area contributed by atoms with Gasteiger partial charge in [0.2, 0.25) is 0 Å². The fourth-order valence-corrected chi connectivity index (χ4v) is 3.43. The third-order valence-electron chi connectivity index (χ3n) is 4.56. The Labute approximate surface area is 145 Å². The van der Waals surface area contributed by atoms with Crippen LogP contribution >= 0.6 is 11.3 Å². The Morgan fingerprint density at radius 3 is 3.04 bits per heavy atom. The molecule has 0 aromatic carbocycles. The second-order valence-corrected chi connectivity index (χ2v) is 6.84. The van der Waals surface area contributed by atoms with E-state index in [4.69, 9.17) is 9.47 Å². The summed E-state index contributed by atoms with van der Waals surface area (Å²) in [7, 11) is 1.96. The quantitative estimate of drug-likeness (QED) is 0.899. The van der Waals surface area contributed by atoms with Crippen LogP contribution in [0.4, 0.5) is 0 Å². The molecule has 2 aromatic rings. The molecular formula is C17H23N3O3S. The molecule has 0 saturated carbocycles. The zero-order valence-corrected chi connectivity index (χ0v) is 15.1. The van der Waals surface area contributed by atoms with Crippen LogP contribution < -0.4 is 5.32 Å². The first-order valence-electron chi connectivity index (χ1n) is 8.06. The third-order valence-corrected chi connectivity index (χ3v) is 5.19. The molecule has 2 atom stereocenters. The van der Waals surface area contributed by atoms with Crippen LogP contribution in [0.5, 0.6) is 0 Å². The predicted molar refractivity (Wildman–Crippen MR) is 92.3 cm³/mol. The van der Waals surface area contributed by atoms with Crippen molar-refractivity contribution in [1.82, 2.24) is 14.9 Å². The first-order chi connectivity index (χ1) is 11.6. The number of aryl methyl sites for hydroxylation is 1. The Morgan fingerprint density at radius 2 is 2.38 bits per heavy atom. The Bertz CT molecular complexity index is 696. The maximum atomic E-state index is 12.6. The molecule has 0 aliphatic carbocycles. The minimum absolute atomic E-state index is 0.0606. The molecule has 7 heteroatoms. The van der Waals surface area contributed by atoms with Gasteiger partial charge in [0.25, 0.3) is 5.91 Å². The topological polar surface area (TPSA) is 65.4 Å². The number of nitrogens with zero attached hydrogens (tertiary/aromatic N) is 2. The number of rotatable bonds is 5. The standard InChI is InChI=1S/C17H23N3O3S/c1-11-6-14(12(2)20(11)3)17(21)19-15-8-22-5-4-16(15)23-7-13-9-24-10-18-13/h6,9-10,15-16H,4-5,7-8H2,1-3H3,(H,19,21)/t15-,16+/m1/s1. The Hall–Kier alpha value is -1.70. The van der Waals surface area contributed by atoms with Crippen molar-refractivity contribution < 1.29 is 14.3 Å². The van der Waals surface area contributed by atoms with Gasteiger partial charge in [0.15, 0.2) is 0 Å². The molecule has 0 radical (unpaired) electrons. The van der Waals surface area contributed by atoms with Gasteiger partial charge in [-0.1, -0.05) is 0 Å². The molecule has 3 heterocycles. The van der Waals surface area contributed by atoms with Gasteiger partial charge < -0.3 is 19.4 Å². The van der Waals surface area contributed by atoms with Crippen molar-refractivity contribution in [3.63, 3.8) is 0 Å². The normalized spacial score (nSPS) is 21.0. The van der Waals surface area contributed by atoms with Gasteiger partial charge in [0, 0.05) is 30.4 Å². The van der Waals surface area contributed by atoms with Gasteiger partial charge in [-0.2, -0.15) is 0 Å². The Morgan fingerprint density at radius 1 is 1.54 bits per heavy atom. The lowest BCUT2D eigenvalue weighted by atomic mass is 10.1. The summed E-state index contributed by atoms with van der Waals surface area (Å²) < 4.78 is 13.5. The van der Waals surface area contributed by atoms with E-state index in [9.17, 15) is 4.79 Å². The largest absolute Gasteiger partial charge is 0.379 e. The molecule has 1 fully saturated rings. The minimum Gasteiger partial charge on any atom is -0.379 e. The van der Waals surface area contributed by atoms with Crippen LogP contribution in [-0.4, -0.2) is 40.8 Å². The smallest absolute Gasteiger partial charge is 0.253 e. The van der Waals surface area contributed by atoms with Crippen LogP contribution in [-0.2, 0) is 23.1 Å². The maximum Gasteiger partial charge on any atom is 0.253 e. The molecule has 2 aromatic heterocycles. The van der Waals surface area contributed by atoms with E-state index in [1.807, 2.05) is 36.9 Å². The van der Waals surface area contributed by atoms with Gasteiger partial charge in [-0.25, -0.2) is 4.98 Å². The monoisotopic (exact) mass is 349 g/mol. The first kappa shape index (κ1) is 17.1. The molecule has 1 saturated heterocycles.